The number of fused-ring (bicyclic) bond motifs is 1. The number of pyridine rings is 2. The maximum absolute atomic E-state index is 11.7. The van der Waals surface area contributed by atoms with Crippen LogP contribution in [0.25, 0.3) is 11.0 Å². The summed E-state index contributed by atoms with van der Waals surface area (Å²) in [4.78, 5) is 20.7. The fourth-order valence-electron chi connectivity index (χ4n) is 3.35. The van der Waals surface area contributed by atoms with Gasteiger partial charge in [-0.2, -0.15) is 0 Å². The molecule has 0 aliphatic heterocycles. The van der Waals surface area contributed by atoms with Gasteiger partial charge in [0.25, 0.3) is 0 Å². The number of nitrogens with one attached hydrogen (secondary N) is 1. The second-order valence-electron chi connectivity index (χ2n) is 8.70. The lowest BCUT2D eigenvalue weighted by atomic mass is 9.79. The molecule has 0 unspecified atom stereocenters. The largest absolute Gasteiger partial charge is 0.444 e. The maximum Gasteiger partial charge on any atom is 0.411 e. The molecule has 6 nitrogen and oxygen atoms in total. The highest BCUT2D eigenvalue weighted by Gasteiger charge is 2.29. The molecule has 1 aliphatic rings. The number of allylic oxidation sites excluding steroid dienone is 1. The van der Waals surface area contributed by atoms with E-state index in [2.05, 4.69) is 27.4 Å². The SMILES string of the molecule is CC(=CCOC1CC(CCc2ccc3cccnc3n2)C1)NC(=O)OC(C)(C)C. The summed E-state index contributed by atoms with van der Waals surface area (Å²) in [6.07, 6.45) is 7.79. The molecule has 29 heavy (non-hydrogen) atoms. The molecule has 2 aromatic rings. The second-order valence-corrected chi connectivity index (χ2v) is 8.70. The molecule has 0 aromatic carbocycles. The Hall–Kier alpha value is -2.47. The van der Waals surface area contributed by atoms with Crippen LogP contribution in [0.15, 0.2) is 42.2 Å². The molecule has 0 spiro atoms. The molecule has 0 bridgehead atoms. The average Bonchev–Trinajstić information content (AvgIpc) is 2.61. The van der Waals surface area contributed by atoms with Crippen LogP contribution >= 0.6 is 0 Å². The average molecular weight is 398 g/mol. The van der Waals surface area contributed by atoms with Crippen LogP contribution < -0.4 is 5.32 Å². The van der Waals surface area contributed by atoms with Gasteiger partial charge in [-0.25, -0.2) is 14.8 Å². The van der Waals surface area contributed by atoms with Crippen molar-refractivity contribution in [1.82, 2.24) is 15.3 Å². The number of ether oxygens (including phenoxy) is 2. The van der Waals surface area contributed by atoms with Crippen LogP contribution in [0.4, 0.5) is 4.79 Å². The number of carbonyl (C=O) groups is 1. The minimum Gasteiger partial charge on any atom is -0.444 e. The molecule has 1 amide bonds. The molecule has 6 heteroatoms. The molecule has 3 rings (SSSR count). The van der Waals surface area contributed by atoms with Crippen molar-refractivity contribution < 1.29 is 14.3 Å². The monoisotopic (exact) mass is 397 g/mol. The number of hydrogen-bond donors (Lipinski definition) is 1. The Morgan fingerprint density at radius 3 is 2.83 bits per heavy atom. The van der Waals surface area contributed by atoms with Gasteiger partial charge in [0.2, 0.25) is 0 Å². The van der Waals surface area contributed by atoms with E-state index in [1.165, 1.54) is 0 Å². The lowest BCUT2D eigenvalue weighted by Gasteiger charge is -2.35. The smallest absolute Gasteiger partial charge is 0.411 e. The minimum absolute atomic E-state index is 0.303. The number of aromatic nitrogens is 2. The highest BCUT2D eigenvalue weighted by Crippen LogP contribution is 2.33. The fraction of sp³-hybridized carbons (Fsp3) is 0.522. The van der Waals surface area contributed by atoms with Crippen LogP contribution in [0, 0.1) is 5.92 Å². The molecule has 0 saturated heterocycles. The van der Waals surface area contributed by atoms with Crippen LogP contribution in [0.2, 0.25) is 0 Å². The van der Waals surface area contributed by atoms with Gasteiger partial charge in [-0.1, -0.05) is 0 Å². The second kappa shape index (κ2) is 9.35. The van der Waals surface area contributed by atoms with E-state index in [4.69, 9.17) is 9.47 Å². The van der Waals surface area contributed by atoms with Gasteiger partial charge in [-0.3, -0.25) is 5.32 Å². The van der Waals surface area contributed by atoms with Gasteiger partial charge < -0.3 is 9.47 Å². The molecule has 1 fully saturated rings. The number of carbonyl (C=O) groups excluding carboxylic acids is 1. The quantitative estimate of drug-likeness (QED) is 0.727. The zero-order chi connectivity index (χ0) is 20.9. The molecule has 2 heterocycles. The number of hydrogen-bond acceptors (Lipinski definition) is 5. The minimum atomic E-state index is -0.499. The zero-order valence-electron chi connectivity index (χ0n) is 17.8. The predicted molar refractivity (Wildman–Crippen MR) is 113 cm³/mol. The first-order valence-corrected chi connectivity index (χ1v) is 10.3. The van der Waals surface area contributed by atoms with E-state index in [-0.39, 0.29) is 0 Å². The number of amides is 1. The molecule has 1 saturated carbocycles. The van der Waals surface area contributed by atoms with Crippen molar-refractivity contribution in [2.45, 2.75) is 65.1 Å². The van der Waals surface area contributed by atoms with Crippen molar-refractivity contribution in [3.63, 3.8) is 0 Å². The first-order valence-electron chi connectivity index (χ1n) is 10.3. The van der Waals surface area contributed by atoms with Gasteiger partial charge in [0.15, 0.2) is 5.65 Å². The van der Waals surface area contributed by atoms with Crippen LogP contribution in [-0.2, 0) is 15.9 Å². The van der Waals surface area contributed by atoms with Crippen LogP contribution in [-0.4, -0.2) is 34.4 Å². The molecular weight excluding hydrogens is 366 g/mol. The van der Waals surface area contributed by atoms with Gasteiger partial charge in [0, 0.05) is 23.0 Å². The first kappa shape index (κ1) is 21.2. The summed E-state index contributed by atoms with van der Waals surface area (Å²) in [5.41, 5.74) is 2.17. The number of aryl methyl sites for hydroxylation is 1. The third-order valence-electron chi connectivity index (χ3n) is 4.94. The highest BCUT2D eigenvalue weighted by molar-refractivity contribution is 5.74. The fourth-order valence-corrected chi connectivity index (χ4v) is 3.35. The zero-order valence-corrected chi connectivity index (χ0v) is 17.8. The summed E-state index contributed by atoms with van der Waals surface area (Å²) < 4.78 is 11.1. The van der Waals surface area contributed by atoms with E-state index in [0.717, 1.165) is 48.1 Å². The topological polar surface area (TPSA) is 73.3 Å². The van der Waals surface area contributed by atoms with Gasteiger partial charge >= 0.3 is 6.09 Å². The molecule has 156 valence electrons. The van der Waals surface area contributed by atoms with E-state index in [1.54, 1.807) is 6.20 Å². The molecule has 1 aliphatic carbocycles. The van der Waals surface area contributed by atoms with Gasteiger partial charge in [-0.15, -0.1) is 0 Å². The molecule has 0 radical (unpaired) electrons. The summed E-state index contributed by atoms with van der Waals surface area (Å²) in [5.74, 6) is 0.686. The first-order chi connectivity index (χ1) is 13.8. The van der Waals surface area contributed by atoms with Crippen molar-refractivity contribution in [3.05, 3.63) is 47.9 Å². The summed E-state index contributed by atoms with van der Waals surface area (Å²) in [6, 6.07) is 8.16. The van der Waals surface area contributed by atoms with E-state index in [9.17, 15) is 4.79 Å². The van der Waals surface area contributed by atoms with Crippen molar-refractivity contribution in [2.75, 3.05) is 6.61 Å². The molecule has 2 aromatic heterocycles. The van der Waals surface area contributed by atoms with Crippen LogP contribution in [0.1, 0.15) is 52.7 Å². The Morgan fingerprint density at radius 2 is 2.07 bits per heavy atom. The predicted octanol–water partition coefficient (Wildman–Crippen LogP) is 4.79. The van der Waals surface area contributed by atoms with Gasteiger partial charge in [0.1, 0.15) is 5.60 Å². The Balaban J connectivity index is 1.32. The summed E-state index contributed by atoms with van der Waals surface area (Å²) in [5, 5.41) is 3.80. The van der Waals surface area contributed by atoms with E-state index < -0.39 is 11.7 Å². The summed E-state index contributed by atoms with van der Waals surface area (Å²) in [6.45, 7) is 7.86. The number of nitrogens with zero attached hydrogens (tertiary/aromatic N) is 2. The van der Waals surface area contributed by atoms with Crippen molar-refractivity contribution in [3.8, 4) is 0 Å². The lowest BCUT2D eigenvalue weighted by Crippen LogP contribution is -2.32. The van der Waals surface area contributed by atoms with Gasteiger partial charge in [0.05, 0.1) is 12.7 Å². The molecular formula is C23H31N3O3. The lowest BCUT2D eigenvalue weighted by molar-refractivity contribution is -0.0196. The third-order valence-corrected chi connectivity index (χ3v) is 4.94. The summed E-state index contributed by atoms with van der Waals surface area (Å²) in [7, 11) is 0. The normalized spacial score (nSPS) is 19.7. The maximum atomic E-state index is 11.7. The number of alkyl carbamates (subject to hydrolysis) is 1. The van der Waals surface area contributed by atoms with Crippen molar-refractivity contribution >= 4 is 17.1 Å². The standard InChI is InChI=1S/C23H31N3O3/c1-16(25-22(27)29-23(2,3)4)11-13-28-20-14-17(15-20)7-9-19-10-8-18-6-5-12-24-21(18)26-19/h5-6,8,10-12,17,20H,7,9,13-15H2,1-4H3,(H,25,27). The van der Waals surface area contributed by atoms with E-state index >= 15 is 0 Å². The van der Waals surface area contributed by atoms with Crippen LogP contribution in [0.3, 0.4) is 0 Å². The van der Waals surface area contributed by atoms with E-state index in [1.807, 2.05) is 45.9 Å². The summed E-state index contributed by atoms with van der Waals surface area (Å²) >= 11 is 0. The van der Waals surface area contributed by atoms with Gasteiger partial charge in [-0.05, 0) is 89.6 Å². The Morgan fingerprint density at radius 1 is 1.28 bits per heavy atom. The highest BCUT2D eigenvalue weighted by atomic mass is 16.6. The number of rotatable bonds is 7. The van der Waals surface area contributed by atoms with Crippen molar-refractivity contribution in [2.24, 2.45) is 5.92 Å². The van der Waals surface area contributed by atoms with Crippen molar-refractivity contribution in [1.29, 1.82) is 0 Å². The molecule has 0 atom stereocenters. The third kappa shape index (κ3) is 6.82. The Kier molecular flexibility index (Phi) is 6.85. The Bertz CT molecular complexity index is 867. The van der Waals surface area contributed by atoms with Crippen LogP contribution in [0.5, 0.6) is 0 Å². The Labute approximate surface area is 172 Å². The van der Waals surface area contributed by atoms with E-state index in [0.29, 0.717) is 18.6 Å². The molecule has 1 N–H and O–H groups in total.